The minimum atomic E-state index is 0.689. The van der Waals surface area contributed by atoms with Crippen LogP contribution >= 0.6 is 0 Å². The summed E-state index contributed by atoms with van der Waals surface area (Å²) in [5.74, 6) is 2.80. The molecule has 21 heavy (non-hydrogen) atoms. The van der Waals surface area contributed by atoms with Crippen molar-refractivity contribution in [3.05, 3.63) is 29.8 Å². The van der Waals surface area contributed by atoms with Crippen molar-refractivity contribution in [2.24, 2.45) is 11.8 Å². The van der Waals surface area contributed by atoms with Gasteiger partial charge in [0.25, 0.3) is 0 Å². The number of nitrogens with one attached hydrogen (secondary N) is 1. The molecule has 1 aromatic rings. The van der Waals surface area contributed by atoms with Crippen LogP contribution in [0.3, 0.4) is 0 Å². The van der Waals surface area contributed by atoms with Crippen LogP contribution in [0, 0.1) is 11.8 Å². The van der Waals surface area contributed by atoms with E-state index in [-0.39, 0.29) is 0 Å². The van der Waals surface area contributed by atoms with Gasteiger partial charge in [-0.2, -0.15) is 0 Å². The van der Waals surface area contributed by atoms with E-state index < -0.39 is 0 Å². The number of benzene rings is 1. The molecule has 1 fully saturated rings. The Labute approximate surface area is 130 Å². The molecule has 2 heteroatoms. The van der Waals surface area contributed by atoms with Gasteiger partial charge in [-0.1, -0.05) is 38.8 Å². The summed E-state index contributed by atoms with van der Waals surface area (Å²) < 4.78 is 5.23. The van der Waals surface area contributed by atoms with Gasteiger partial charge in [-0.15, -0.1) is 0 Å². The quantitative estimate of drug-likeness (QED) is 0.764. The zero-order valence-electron chi connectivity index (χ0n) is 13.9. The molecule has 0 heterocycles. The van der Waals surface area contributed by atoms with Crippen LogP contribution in [0.1, 0.15) is 51.5 Å². The predicted molar refractivity (Wildman–Crippen MR) is 89.9 cm³/mol. The molecule has 1 saturated carbocycles. The molecule has 0 radical (unpaired) electrons. The first kappa shape index (κ1) is 16.4. The van der Waals surface area contributed by atoms with Crippen molar-refractivity contribution in [2.45, 2.75) is 58.4 Å². The maximum Gasteiger partial charge on any atom is 0.118 e. The Bertz CT molecular complexity index is 401. The molecule has 0 aliphatic heterocycles. The van der Waals surface area contributed by atoms with Crippen molar-refractivity contribution in [1.29, 1.82) is 0 Å². The van der Waals surface area contributed by atoms with Gasteiger partial charge in [0.2, 0.25) is 0 Å². The topological polar surface area (TPSA) is 21.3 Å². The monoisotopic (exact) mass is 289 g/mol. The summed E-state index contributed by atoms with van der Waals surface area (Å²) in [4.78, 5) is 0. The van der Waals surface area contributed by atoms with Gasteiger partial charge in [0.15, 0.2) is 0 Å². The summed E-state index contributed by atoms with van der Waals surface area (Å²) in [5.41, 5.74) is 1.42. The Morgan fingerprint density at radius 2 is 1.95 bits per heavy atom. The second-order valence-corrected chi connectivity index (χ2v) is 6.40. The largest absolute Gasteiger partial charge is 0.497 e. The van der Waals surface area contributed by atoms with E-state index in [2.05, 4.69) is 43.4 Å². The molecular weight excluding hydrogens is 258 g/mol. The van der Waals surface area contributed by atoms with E-state index in [1.807, 2.05) is 0 Å². The van der Waals surface area contributed by atoms with E-state index in [1.165, 1.54) is 37.7 Å². The second-order valence-electron chi connectivity index (χ2n) is 6.40. The Kier molecular flexibility index (Phi) is 6.56. The molecule has 1 N–H and O–H groups in total. The summed E-state index contributed by atoms with van der Waals surface area (Å²) in [5, 5.41) is 3.74. The molecule has 0 amide bonds. The van der Waals surface area contributed by atoms with E-state index >= 15 is 0 Å². The average Bonchev–Trinajstić information content (AvgIpc) is 3.01. The molecular formula is C19H31NO. The number of methoxy groups -OCH3 is 1. The van der Waals surface area contributed by atoms with Crippen LogP contribution in [0.4, 0.5) is 0 Å². The van der Waals surface area contributed by atoms with Gasteiger partial charge in [0.1, 0.15) is 5.75 Å². The fraction of sp³-hybridized carbons (Fsp3) is 0.684. The van der Waals surface area contributed by atoms with Gasteiger partial charge in [-0.05, 0) is 61.8 Å². The number of rotatable bonds is 8. The van der Waals surface area contributed by atoms with Gasteiger partial charge >= 0.3 is 0 Å². The highest BCUT2D eigenvalue weighted by Gasteiger charge is 2.29. The fourth-order valence-electron chi connectivity index (χ4n) is 3.73. The lowest BCUT2D eigenvalue weighted by molar-refractivity contribution is 0.334. The number of aryl methyl sites for hydroxylation is 1. The highest BCUT2D eigenvalue weighted by atomic mass is 16.5. The Balaban J connectivity index is 1.87. The minimum absolute atomic E-state index is 0.689. The Morgan fingerprint density at radius 3 is 2.52 bits per heavy atom. The molecule has 0 saturated heterocycles. The third-order valence-corrected chi connectivity index (χ3v) is 5.10. The van der Waals surface area contributed by atoms with Gasteiger partial charge < -0.3 is 10.1 Å². The van der Waals surface area contributed by atoms with Crippen LogP contribution < -0.4 is 10.1 Å². The van der Waals surface area contributed by atoms with Crippen molar-refractivity contribution in [3.63, 3.8) is 0 Å². The van der Waals surface area contributed by atoms with Crippen molar-refractivity contribution in [3.8, 4) is 5.75 Å². The zero-order valence-corrected chi connectivity index (χ0v) is 13.9. The molecule has 118 valence electrons. The number of ether oxygens (including phenoxy) is 1. The maximum absolute atomic E-state index is 5.23. The van der Waals surface area contributed by atoms with Gasteiger partial charge in [-0.3, -0.25) is 0 Å². The van der Waals surface area contributed by atoms with Crippen LogP contribution in [0.2, 0.25) is 0 Å². The smallest absolute Gasteiger partial charge is 0.118 e. The van der Waals surface area contributed by atoms with E-state index in [9.17, 15) is 0 Å². The van der Waals surface area contributed by atoms with Crippen molar-refractivity contribution in [1.82, 2.24) is 5.32 Å². The zero-order chi connectivity index (χ0) is 15.1. The van der Waals surface area contributed by atoms with Crippen LogP contribution in [0.5, 0.6) is 5.75 Å². The molecule has 1 aromatic carbocycles. The average molecular weight is 289 g/mol. The van der Waals surface area contributed by atoms with E-state index in [4.69, 9.17) is 4.74 Å². The molecule has 2 rings (SSSR count). The van der Waals surface area contributed by atoms with Crippen molar-refractivity contribution in [2.75, 3.05) is 13.7 Å². The number of hydrogen-bond acceptors (Lipinski definition) is 2. The predicted octanol–water partition coefficient (Wildman–Crippen LogP) is 4.43. The summed E-state index contributed by atoms with van der Waals surface area (Å²) in [7, 11) is 1.72. The Morgan fingerprint density at radius 1 is 1.19 bits per heavy atom. The normalized spacial score (nSPS) is 23.2. The lowest BCUT2D eigenvalue weighted by Gasteiger charge is -2.25. The standard InChI is InChI=1S/C19H31NO/c1-4-15-6-10-17(14-15)19(20-5-2)13-9-16-7-11-18(21-3)12-8-16/h7-8,11-12,15,17,19-20H,4-6,9-10,13-14H2,1-3H3. The highest BCUT2D eigenvalue weighted by molar-refractivity contribution is 5.27. The summed E-state index contributed by atoms with van der Waals surface area (Å²) >= 11 is 0. The first-order valence-electron chi connectivity index (χ1n) is 8.63. The van der Waals surface area contributed by atoms with E-state index in [0.717, 1.165) is 30.6 Å². The molecule has 1 aliphatic rings. The van der Waals surface area contributed by atoms with Crippen LogP contribution in [-0.2, 0) is 6.42 Å². The summed E-state index contributed by atoms with van der Waals surface area (Å²) in [6.45, 7) is 5.65. The molecule has 2 nitrogen and oxygen atoms in total. The molecule has 1 aliphatic carbocycles. The molecule has 0 aromatic heterocycles. The van der Waals surface area contributed by atoms with E-state index in [1.54, 1.807) is 7.11 Å². The lowest BCUT2D eigenvalue weighted by atomic mass is 9.91. The van der Waals surface area contributed by atoms with Crippen LogP contribution in [0.15, 0.2) is 24.3 Å². The lowest BCUT2D eigenvalue weighted by Crippen LogP contribution is -2.35. The molecule has 0 spiro atoms. The van der Waals surface area contributed by atoms with E-state index in [0.29, 0.717) is 6.04 Å². The van der Waals surface area contributed by atoms with Crippen LogP contribution in [-0.4, -0.2) is 19.7 Å². The van der Waals surface area contributed by atoms with Crippen LogP contribution in [0.25, 0.3) is 0 Å². The SMILES string of the molecule is CCNC(CCc1ccc(OC)cc1)C1CCC(CC)C1. The maximum atomic E-state index is 5.23. The van der Waals surface area contributed by atoms with Crippen molar-refractivity contribution < 1.29 is 4.74 Å². The third-order valence-electron chi connectivity index (χ3n) is 5.10. The third kappa shape index (κ3) is 4.74. The molecule has 3 atom stereocenters. The van der Waals surface area contributed by atoms with Crippen molar-refractivity contribution >= 4 is 0 Å². The number of hydrogen-bond donors (Lipinski definition) is 1. The summed E-state index contributed by atoms with van der Waals surface area (Å²) in [6.07, 6.45) is 8.05. The first-order valence-corrected chi connectivity index (χ1v) is 8.63. The molecule has 3 unspecified atom stereocenters. The van der Waals surface area contributed by atoms with Gasteiger partial charge in [-0.25, -0.2) is 0 Å². The summed E-state index contributed by atoms with van der Waals surface area (Å²) in [6, 6.07) is 9.23. The fourth-order valence-corrected chi connectivity index (χ4v) is 3.73. The van der Waals surface area contributed by atoms with Gasteiger partial charge in [0, 0.05) is 6.04 Å². The minimum Gasteiger partial charge on any atom is -0.497 e. The molecule has 0 bridgehead atoms. The highest BCUT2D eigenvalue weighted by Crippen LogP contribution is 2.36. The second kappa shape index (κ2) is 8.43. The Hall–Kier alpha value is -1.02. The van der Waals surface area contributed by atoms with Gasteiger partial charge in [0.05, 0.1) is 7.11 Å². The first-order chi connectivity index (χ1) is 10.3.